The summed E-state index contributed by atoms with van der Waals surface area (Å²) < 4.78 is 46.5. The van der Waals surface area contributed by atoms with Crippen LogP contribution in [0.2, 0.25) is 0 Å². The van der Waals surface area contributed by atoms with E-state index in [0.29, 0.717) is 27.8 Å². The zero-order valence-corrected chi connectivity index (χ0v) is 34.2. The Hall–Kier alpha value is -7.09. The molecule has 0 saturated heterocycles. The lowest BCUT2D eigenvalue weighted by Gasteiger charge is -2.21. The number of fused-ring (bicyclic) bond motifs is 6. The first kappa shape index (κ1) is 38.4. The molecule has 7 aromatic carbocycles. The Kier molecular flexibility index (Phi) is 8.81. The lowest BCUT2D eigenvalue weighted by atomic mass is 9.86. The van der Waals surface area contributed by atoms with E-state index in [4.69, 9.17) is 0 Å². The number of hydrogen-bond acceptors (Lipinski definition) is 2. The third-order valence-electron chi connectivity index (χ3n) is 11.8. The number of benzene rings is 7. The van der Waals surface area contributed by atoms with Crippen LogP contribution in [0.4, 0.5) is 13.2 Å². The summed E-state index contributed by atoms with van der Waals surface area (Å²) in [7, 11) is 0. The third kappa shape index (κ3) is 6.30. The number of aromatic nitrogens is 2. The second-order valence-corrected chi connectivity index (χ2v) is 17.6. The number of rotatable bonds is 4. The highest BCUT2D eigenvalue weighted by molar-refractivity contribution is 6.11. The van der Waals surface area contributed by atoms with Gasteiger partial charge in [-0.3, -0.25) is 0 Å². The predicted octanol–water partition coefficient (Wildman–Crippen LogP) is 14.6. The minimum absolute atomic E-state index is 0.0738. The Labute approximate surface area is 347 Å². The van der Waals surface area contributed by atoms with Gasteiger partial charge in [0.25, 0.3) is 0 Å². The molecule has 0 bridgehead atoms. The van der Waals surface area contributed by atoms with Crippen molar-refractivity contribution in [3.8, 4) is 45.8 Å². The highest BCUT2D eigenvalue weighted by atomic mass is 19.4. The number of halogens is 3. The molecule has 2 heterocycles. The summed E-state index contributed by atoms with van der Waals surface area (Å²) in [6, 6.07) is 48.8. The Morgan fingerprint density at radius 3 is 1.53 bits per heavy atom. The van der Waals surface area contributed by atoms with E-state index in [1.807, 2.05) is 54.6 Å². The van der Waals surface area contributed by atoms with Crippen molar-refractivity contribution in [3.05, 3.63) is 167 Å². The molecule has 0 saturated carbocycles. The summed E-state index contributed by atoms with van der Waals surface area (Å²) in [4.78, 5) is 0. The van der Waals surface area contributed by atoms with Gasteiger partial charge < -0.3 is 9.13 Å². The van der Waals surface area contributed by atoms with Crippen LogP contribution in [0.5, 0.6) is 0 Å². The molecule has 0 N–H and O–H groups in total. The van der Waals surface area contributed by atoms with Crippen LogP contribution < -0.4 is 0 Å². The van der Waals surface area contributed by atoms with Gasteiger partial charge in [0.1, 0.15) is 0 Å². The van der Waals surface area contributed by atoms with E-state index in [1.54, 1.807) is 6.07 Å². The first-order valence-electron chi connectivity index (χ1n) is 20.0. The molecule has 0 aliphatic heterocycles. The van der Waals surface area contributed by atoms with Crippen molar-refractivity contribution in [1.29, 1.82) is 10.5 Å². The Balaban J connectivity index is 1.39. The molecule has 0 radical (unpaired) electrons. The summed E-state index contributed by atoms with van der Waals surface area (Å²) >= 11 is 0. The molecule has 60 heavy (non-hydrogen) atoms. The Bertz CT molecular complexity index is 3300. The molecule has 0 aliphatic rings. The smallest absolute Gasteiger partial charge is 0.309 e. The standard InChI is InChI=1S/C53H41F3N4/c1-51(2,3)34-17-23-48-44(27-34)40-11-7-9-13-46(40)59(48)37-19-21-39(38-20-16-36(53(54,55)56)26-33(38)31-58)42(29-37)43-25-32(30-57)15-22-49(43)60-47-14-10-8-12-41(47)45-28-35(52(4,5)6)18-24-50(45)60/h7-29H,1-6H3. The molecule has 0 fully saturated rings. The highest BCUT2D eigenvalue weighted by Gasteiger charge is 2.32. The minimum Gasteiger partial charge on any atom is -0.309 e. The molecule has 0 atom stereocenters. The lowest BCUT2D eigenvalue weighted by Crippen LogP contribution is -2.10. The van der Waals surface area contributed by atoms with E-state index in [-0.39, 0.29) is 16.4 Å². The molecule has 0 unspecified atom stereocenters. The van der Waals surface area contributed by atoms with Crippen molar-refractivity contribution in [3.63, 3.8) is 0 Å². The van der Waals surface area contributed by atoms with Gasteiger partial charge in [0.2, 0.25) is 0 Å². The van der Waals surface area contributed by atoms with Gasteiger partial charge in [-0.2, -0.15) is 23.7 Å². The fourth-order valence-electron chi connectivity index (χ4n) is 8.61. The fraction of sp³-hybridized carbons (Fsp3) is 0.170. The van der Waals surface area contributed by atoms with Crippen LogP contribution in [-0.2, 0) is 17.0 Å². The summed E-state index contributed by atoms with van der Waals surface area (Å²) in [5, 5.41) is 25.1. The van der Waals surface area contributed by atoms with Crippen molar-refractivity contribution < 1.29 is 13.2 Å². The molecular weight excluding hydrogens is 750 g/mol. The number of hydrogen-bond donors (Lipinski definition) is 0. The van der Waals surface area contributed by atoms with E-state index in [0.717, 1.165) is 67.1 Å². The van der Waals surface area contributed by atoms with Crippen LogP contribution >= 0.6 is 0 Å². The molecule has 9 rings (SSSR count). The van der Waals surface area contributed by atoms with E-state index >= 15 is 0 Å². The van der Waals surface area contributed by atoms with Crippen molar-refractivity contribution in [2.24, 2.45) is 0 Å². The van der Waals surface area contributed by atoms with Crippen LogP contribution in [-0.4, -0.2) is 9.13 Å². The zero-order valence-electron chi connectivity index (χ0n) is 34.2. The first-order valence-corrected chi connectivity index (χ1v) is 20.0. The third-order valence-corrected chi connectivity index (χ3v) is 11.8. The fourth-order valence-corrected chi connectivity index (χ4v) is 8.61. The quantitative estimate of drug-likeness (QED) is 0.178. The summed E-state index contributed by atoms with van der Waals surface area (Å²) in [5.74, 6) is 0. The van der Waals surface area contributed by atoms with Gasteiger partial charge in [-0.25, -0.2) is 0 Å². The van der Waals surface area contributed by atoms with Gasteiger partial charge in [0.15, 0.2) is 0 Å². The topological polar surface area (TPSA) is 57.4 Å². The zero-order chi connectivity index (χ0) is 42.3. The van der Waals surface area contributed by atoms with Crippen molar-refractivity contribution >= 4 is 43.6 Å². The van der Waals surface area contributed by atoms with Crippen molar-refractivity contribution in [2.45, 2.75) is 58.5 Å². The van der Waals surface area contributed by atoms with Crippen molar-refractivity contribution in [1.82, 2.24) is 9.13 Å². The molecule has 2 aromatic heterocycles. The lowest BCUT2D eigenvalue weighted by molar-refractivity contribution is -0.137. The second-order valence-electron chi connectivity index (χ2n) is 17.6. The van der Waals surface area contributed by atoms with E-state index in [9.17, 15) is 23.7 Å². The van der Waals surface area contributed by atoms with Gasteiger partial charge >= 0.3 is 6.18 Å². The maximum absolute atomic E-state index is 14.0. The highest BCUT2D eigenvalue weighted by Crippen LogP contribution is 2.44. The average molecular weight is 791 g/mol. The average Bonchev–Trinajstić information content (AvgIpc) is 3.74. The maximum atomic E-state index is 14.0. The van der Waals surface area contributed by atoms with Crippen molar-refractivity contribution in [2.75, 3.05) is 0 Å². The van der Waals surface area contributed by atoms with Crippen LogP contribution in [0.25, 0.3) is 77.2 Å². The number of nitrogens with zero attached hydrogens (tertiary/aromatic N) is 4. The van der Waals surface area contributed by atoms with Crippen LogP contribution in [0.3, 0.4) is 0 Å². The maximum Gasteiger partial charge on any atom is 0.416 e. The first-order chi connectivity index (χ1) is 28.6. The van der Waals surface area contributed by atoms with Gasteiger partial charge in [-0.15, -0.1) is 0 Å². The van der Waals surface area contributed by atoms with Gasteiger partial charge in [-0.05, 0) is 112 Å². The normalized spacial score (nSPS) is 12.4. The van der Waals surface area contributed by atoms with Crippen LogP contribution in [0.15, 0.2) is 140 Å². The molecule has 0 aliphatic carbocycles. The molecule has 7 heteroatoms. The molecule has 0 spiro atoms. The van der Waals surface area contributed by atoms with Gasteiger partial charge in [0.05, 0.1) is 56.6 Å². The van der Waals surface area contributed by atoms with E-state index in [1.165, 1.54) is 17.2 Å². The SMILES string of the molecule is CC(C)(C)c1ccc2c(c1)c1ccccc1n2-c1ccc(-c2ccc(C(F)(F)F)cc2C#N)c(-c2cc(C#N)ccc2-n2c3ccccc3c3cc(C(C)(C)C)ccc32)c1. The molecule has 294 valence electrons. The molecule has 9 aromatic rings. The summed E-state index contributed by atoms with van der Waals surface area (Å²) in [5.41, 5.74) is 9.45. The van der Waals surface area contributed by atoms with Gasteiger partial charge in [-0.1, -0.05) is 102 Å². The summed E-state index contributed by atoms with van der Waals surface area (Å²) in [6.07, 6.45) is -4.63. The number of alkyl halides is 3. The molecule has 4 nitrogen and oxygen atoms in total. The van der Waals surface area contributed by atoms with E-state index < -0.39 is 11.7 Å². The molecular formula is C53H41F3N4. The predicted molar refractivity (Wildman–Crippen MR) is 238 cm³/mol. The van der Waals surface area contributed by atoms with Crippen LogP contribution in [0, 0.1) is 22.7 Å². The second kappa shape index (κ2) is 13.8. The van der Waals surface area contributed by atoms with Crippen LogP contribution in [0.1, 0.15) is 69.4 Å². The van der Waals surface area contributed by atoms with E-state index in [2.05, 4.69) is 123 Å². The molecule has 0 amide bonds. The Morgan fingerprint density at radius 1 is 0.433 bits per heavy atom. The Morgan fingerprint density at radius 2 is 0.967 bits per heavy atom. The monoisotopic (exact) mass is 790 g/mol. The number of para-hydroxylation sites is 2. The summed E-state index contributed by atoms with van der Waals surface area (Å²) in [6.45, 7) is 13.2. The van der Waals surface area contributed by atoms with Gasteiger partial charge in [0, 0.05) is 38.4 Å². The minimum atomic E-state index is -4.63. The largest absolute Gasteiger partial charge is 0.416 e. The number of nitriles is 2.